The molecule has 3 aromatic rings. The van der Waals surface area contributed by atoms with Crippen LogP contribution in [0.5, 0.6) is 0 Å². The van der Waals surface area contributed by atoms with E-state index in [4.69, 9.17) is 0 Å². The fraction of sp³-hybridized carbons (Fsp3) is 0.333. The van der Waals surface area contributed by atoms with Gasteiger partial charge in [-0.05, 0) is 13.3 Å². The van der Waals surface area contributed by atoms with Crippen molar-refractivity contribution in [2.45, 2.75) is 33.1 Å². The molecule has 3 aromatic carbocycles. The van der Waals surface area contributed by atoms with Crippen molar-refractivity contribution in [3.05, 3.63) is 65.7 Å². The molecular weight excluding hydrogens is 402 g/mol. The van der Waals surface area contributed by atoms with Crippen molar-refractivity contribution in [2.75, 3.05) is 13.3 Å². The molecule has 0 atom stereocenters. The Hall–Kier alpha value is -0.0957. The molecule has 0 saturated heterocycles. The van der Waals surface area contributed by atoms with Crippen LogP contribution in [-0.4, -0.2) is 13.3 Å². The summed E-state index contributed by atoms with van der Waals surface area (Å²) in [5.41, 5.74) is 2.98. The van der Waals surface area contributed by atoms with E-state index in [-0.39, 0.29) is 54.5 Å². The fourth-order valence-electron chi connectivity index (χ4n) is 2.59. The van der Waals surface area contributed by atoms with Gasteiger partial charge in [-0.2, -0.15) is 23.3 Å². The Morgan fingerprint density at radius 3 is 2.24 bits per heavy atom. The largest absolute Gasteiger partial charge is 4.00 e. The maximum absolute atomic E-state index is 2.31. The molecule has 0 aliphatic carbocycles. The minimum atomic E-state index is 0. The van der Waals surface area contributed by atoms with Gasteiger partial charge in [0, 0.05) is 0 Å². The number of hydrogen-bond acceptors (Lipinski definition) is 0. The molecule has 0 aliphatic rings. The molecule has 25 heavy (non-hydrogen) atoms. The topological polar surface area (TPSA) is 0 Å². The Morgan fingerprint density at radius 1 is 1.04 bits per heavy atom. The minimum Gasteiger partial charge on any atom is -1.00 e. The van der Waals surface area contributed by atoms with Gasteiger partial charge in [0.15, 0.2) is 0 Å². The first-order valence-electron chi connectivity index (χ1n) is 8.15. The number of fused-ring (bicyclic) bond motifs is 1. The summed E-state index contributed by atoms with van der Waals surface area (Å²) in [5.74, 6) is 0. The molecule has 134 valence electrons. The van der Waals surface area contributed by atoms with Gasteiger partial charge in [0.05, 0.1) is 0 Å². The van der Waals surface area contributed by atoms with Crippen LogP contribution in [0.2, 0.25) is 0 Å². The average molecular weight is 429 g/mol. The zero-order valence-electron chi connectivity index (χ0n) is 15.5. The van der Waals surface area contributed by atoms with E-state index < -0.39 is 0 Å². The molecule has 0 fully saturated rings. The van der Waals surface area contributed by atoms with Gasteiger partial charge in [-0.25, -0.2) is 12.1 Å². The van der Waals surface area contributed by atoms with Gasteiger partial charge in [0.2, 0.25) is 0 Å². The van der Waals surface area contributed by atoms with Gasteiger partial charge < -0.3 is 24.8 Å². The van der Waals surface area contributed by atoms with Crippen LogP contribution in [0, 0.1) is 6.92 Å². The Bertz CT molecular complexity index is 668. The molecular formula is C21H27Cl2PTi. The number of unbranched alkanes of at least 4 members (excludes halogenated alkanes) is 1. The van der Waals surface area contributed by atoms with Crippen molar-refractivity contribution in [3.8, 4) is 0 Å². The number of benzene rings is 1. The van der Waals surface area contributed by atoms with Crippen LogP contribution in [0.25, 0.3) is 10.8 Å². The van der Waals surface area contributed by atoms with Gasteiger partial charge in [0.25, 0.3) is 0 Å². The second kappa shape index (κ2) is 14.0. The summed E-state index contributed by atoms with van der Waals surface area (Å²) in [6.45, 7) is 9.01. The molecule has 0 amide bonds. The van der Waals surface area contributed by atoms with Crippen molar-refractivity contribution < 1.29 is 46.5 Å². The smallest absolute Gasteiger partial charge is 1.00 e. The molecule has 3 rings (SSSR count). The van der Waals surface area contributed by atoms with Gasteiger partial charge in [-0.15, -0.1) is 48.3 Å². The maximum Gasteiger partial charge on any atom is 4.00 e. The first-order chi connectivity index (χ1) is 10.6. The van der Waals surface area contributed by atoms with E-state index in [1.807, 2.05) is 0 Å². The Balaban J connectivity index is 0. The van der Waals surface area contributed by atoms with E-state index in [0.717, 1.165) is 0 Å². The third-order valence-electron chi connectivity index (χ3n) is 4.07. The monoisotopic (exact) mass is 428 g/mol. The minimum absolute atomic E-state index is 0. The van der Waals surface area contributed by atoms with Crippen LogP contribution in [0.1, 0.15) is 30.9 Å². The van der Waals surface area contributed by atoms with Crippen molar-refractivity contribution in [2.24, 2.45) is 0 Å². The molecule has 0 nitrogen and oxygen atoms in total. The third kappa shape index (κ3) is 8.42. The molecule has 0 heterocycles. The summed E-state index contributed by atoms with van der Waals surface area (Å²) in [6, 6.07) is 19.7. The van der Waals surface area contributed by atoms with Gasteiger partial charge >= 0.3 is 21.7 Å². The summed E-state index contributed by atoms with van der Waals surface area (Å²) in [6.07, 6.45) is 3.88. The van der Waals surface area contributed by atoms with Gasteiger partial charge in [-0.3, -0.25) is 0 Å². The second-order valence-corrected chi connectivity index (χ2v) is 8.38. The second-order valence-electron chi connectivity index (χ2n) is 6.07. The fourth-order valence-corrected chi connectivity index (χ4v) is 3.38. The summed E-state index contributed by atoms with van der Waals surface area (Å²) in [4.78, 5) is 0. The maximum atomic E-state index is 2.31. The first kappa shape index (κ1) is 27.1. The molecule has 0 aliphatic heterocycles. The summed E-state index contributed by atoms with van der Waals surface area (Å²) >= 11 is 0. The zero-order chi connectivity index (χ0) is 15.9. The Kier molecular flexibility index (Phi) is 15.2. The predicted molar refractivity (Wildman–Crippen MR) is 103 cm³/mol. The van der Waals surface area contributed by atoms with Crippen LogP contribution in [0.4, 0.5) is 0 Å². The quantitative estimate of drug-likeness (QED) is 0.311. The number of aryl methyl sites for hydroxylation is 2. The van der Waals surface area contributed by atoms with E-state index in [2.05, 4.69) is 81.8 Å². The molecule has 0 N–H and O–H groups in total. The summed E-state index contributed by atoms with van der Waals surface area (Å²) < 4.78 is 0. The summed E-state index contributed by atoms with van der Waals surface area (Å²) in [7, 11) is 0.0576. The number of hydrogen-bond donors (Lipinski definition) is 0. The van der Waals surface area contributed by atoms with Crippen molar-refractivity contribution in [1.82, 2.24) is 0 Å². The Labute approximate surface area is 182 Å². The molecule has 0 bridgehead atoms. The number of rotatable bonds is 4. The SMILES string of the molecule is CCCC[c-]1cccc1C.CP(C)c1cc2ccccc2[cH-]1.[Cl-].[Cl-].[Ti+4]. The third-order valence-corrected chi connectivity index (χ3v) is 5.36. The zero-order valence-corrected chi connectivity index (χ0v) is 19.5. The van der Waals surface area contributed by atoms with Gasteiger partial charge in [-0.1, -0.05) is 39.2 Å². The van der Waals surface area contributed by atoms with Crippen LogP contribution in [0.15, 0.2) is 54.6 Å². The predicted octanol–water partition coefficient (Wildman–Crippen LogP) is -0.0125. The van der Waals surface area contributed by atoms with E-state index in [1.165, 1.54) is 46.5 Å². The Morgan fingerprint density at radius 2 is 1.72 bits per heavy atom. The first-order valence-corrected chi connectivity index (χ1v) is 10.4. The summed E-state index contributed by atoms with van der Waals surface area (Å²) in [5, 5.41) is 4.26. The van der Waals surface area contributed by atoms with E-state index >= 15 is 0 Å². The molecule has 4 heteroatoms. The number of halogens is 2. The molecule has 0 saturated carbocycles. The average Bonchev–Trinajstić information content (AvgIpc) is 3.11. The van der Waals surface area contributed by atoms with Crippen molar-refractivity contribution in [3.63, 3.8) is 0 Å². The molecule has 0 spiro atoms. The van der Waals surface area contributed by atoms with E-state index in [0.29, 0.717) is 0 Å². The van der Waals surface area contributed by atoms with Crippen LogP contribution >= 0.6 is 7.92 Å². The van der Waals surface area contributed by atoms with Gasteiger partial charge in [0.1, 0.15) is 0 Å². The standard InChI is InChI=1S/C11H12P.C10H15.2ClH.Ti/c1-12(2)11-7-9-5-3-4-6-10(9)8-11;1-3-4-7-10-8-5-6-9(10)2;;;/h3-8H,1-2H3;5-6,8H,3-4,7H2,1-2H3;2*1H;/q2*-1;;;+4/p-2. The van der Waals surface area contributed by atoms with Crippen molar-refractivity contribution in [1.29, 1.82) is 0 Å². The molecule has 0 aromatic heterocycles. The van der Waals surface area contributed by atoms with Crippen molar-refractivity contribution >= 4 is 24.0 Å². The van der Waals surface area contributed by atoms with E-state index in [9.17, 15) is 0 Å². The molecule has 0 radical (unpaired) electrons. The van der Waals surface area contributed by atoms with Crippen LogP contribution in [0.3, 0.4) is 0 Å². The van der Waals surface area contributed by atoms with E-state index in [1.54, 1.807) is 0 Å². The van der Waals surface area contributed by atoms with Crippen LogP contribution < -0.4 is 30.1 Å². The van der Waals surface area contributed by atoms with Crippen LogP contribution in [-0.2, 0) is 28.1 Å². The normalized spacial score (nSPS) is 9.48. The molecule has 0 unspecified atom stereocenters.